The zero-order valence-electron chi connectivity index (χ0n) is 13.8. The molecule has 0 heterocycles. The van der Waals surface area contributed by atoms with Crippen molar-refractivity contribution >= 4 is 0 Å². The average molecular weight is 296 g/mol. The van der Waals surface area contributed by atoms with Crippen molar-refractivity contribution in [2.24, 2.45) is 0 Å². The number of benzene rings is 1. The van der Waals surface area contributed by atoms with E-state index in [1.54, 1.807) is 21.3 Å². The highest BCUT2D eigenvalue weighted by Gasteiger charge is 2.18. The largest absolute Gasteiger partial charge is 0.497 e. The third kappa shape index (κ3) is 5.53. The van der Waals surface area contributed by atoms with Crippen LogP contribution in [0.25, 0.3) is 0 Å². The topological polar surface area (TPSA) is 43.0 Å². The van der Waals surface area contributed by atoms with Crippen molar-refractivity contribution in [1.29, 1.82) is 0 Å². The number of nitrogens with one attached hydrogen (secondary N) is 1. The van der Waals surface area contributed by atoms with E-state index in [2.05, 4.69) is 24.2 Å². The number of hydrogen-bond donors (Lipinski definition) is 1. The van der Waals surface area contributed by atoms with Crippen LogP contribution in [0.15, 0.2) is 18.2 Å². The zero-order valence-corrected chi connectivity index (χ0v) is 13.8. The lowest BCUT2D eigenvalue weighted by Gasteiger charge is -2.26. The molecule has 0 radical (unpaired) electrons. The molecule has 0 aliphatic rings. The average Bonchev–Trinajstić information content (AvgIpc) is 2.51. The lowest BCUT2D eigenvalue weighted by Crippen LogP contribution is -2.34. The van der Waals surface area contributed by atoms with Gasteiger partial charge in [-0.25, -0.2) is 0 Å². The fourth-order valence-corrected chi connectivity index (χ4v) is 2.28. The maximum Gasteiger partial charge on any atom is 0.123 e. The number of methoxy groups -OCH3 is 3. The summed E-state index contributed by atoms with van der Waals surface area (Å²) in [6, 6.07) is 6.09. The van der Waals surface area contributed by atoms with Crippen LogP contribution in [-0.2, 0) is 4.74 Å². The van der Waals surface area contributed by atoms with Gasteiger partial charge in [-0.1, -0.05) is 6.92 Å². The number of hydrogen-bond acceptors (Lipinski definition) is 5. The predicted molar refractivity (Wildman–Crippen MR) is 85.3 cm³/mol. The Morgan fingerprint density at radius 2 is 1.95 bits per heavy atom. The van der Waals surface area contributed by atoms with Crippen LogP contribution in [0.1, 0.15) is 18.5 Å². The Morgan fingerprint density at radius 1 is 1.19 bits per heavy atom. The SMILES string of the molecule is CCNC(CN(C)CCOC)c1cc(OC)ccc1OC. The van der Waals surface area contributed by atoms with Gasteiger partial charge >= 0.3 is 0 Å². The van der Waals surface area contributed by atoms with E-state index in [-0.39, 0.29) is 6.04 Å². The third-order valence-corrected chi connectivity index (χ3v) is 3.43. The Balaban J connectivity index is 2.92. The Hall–Kier alpha value is -1.30. The molecule has 1 N–H and O–H groups in total. The fourth-order valence-electron chi connectivity index (χ4n) is 2.28. The molecule has 0 aliphatic carbocycles. The molecule has 0 fully saturated rings. The van der Waals surface area contributed by atoms with Gasteiger partial charge in [0.15, 0.2) is 0 Å². The molecular formula is C16H28N2O3. The smallest absolute Gasteiger partial charge is 0.123 e. The summed E-state index contributed by atoms with van der Waals surface area (Å²) in [5.74, 6) is 1.72. The first-order chi connectivity index (χ1) is 10.2. The third-order valence-electron chi connectivity index (χ3n) is 3.43. The molecule has 1 unspecified atom stereocenters. The van der Waals surface area contributed by atoms with Gasteiger partial charge < -0.3 is 24.4 Å². The number of ether oxygens (including phenoxy) is 3. The van der Waals surface area contributed by atoms with Gasteiger partial charge in [0, 0.05) is 31.8 Å². The van der Waals surface area contributed by atoms with Crippen LogP contribution in [0.2, 0.25) is 0 Å². The van der Waals surface area contributed by atoms with E-state index in [1.807, 2.05) is 18.2 Å². The first-order valence-electron chi connectivity index (χ1n) is 7.29. The highest BCUT2D eigenvalue weighted by atomic mass is 16.5. The van der Waals surface area contributed by atoms with Gasteiger partial charge in [0.25, 0.3) is 0 Å². The Labute approximate surface area is 128 Å². The van der Waals surface area contributed by atoms with E-state index in [1.165, 1.54) is 0 Å². The molecule has 0 bridgehead atoms. The Kier molecular flexibility index (Phi) is 8.12. The molecule has 1 atom stereocenters. The van der Waals surface area contributed by atoms with Gasteiger partial charge in [-0.05, 0) is 31.8 Å². The highest BCUT2D eigenvalue weighted by molar-refractivity contribution is 5.42. The summed E-state index contributed by atoms with van der Waals surface area (Å²) in [7, 11) is 7.19. The summed E-state index contributed by atoms with van der Waals surface area (Å²) >= 11 is 0. The molecule has 0 spiro atoms. The molecule has 5 nitrogen and oxygen atoms in total. The van der Waals surface area contributed by atoms with Gasteiger partial charge in [0.1, 0.15) is 11.5 Å². The second-order valence-corrected chi connectivity index (χ2v) is 4.97. The zero-order chi connectivity index (χ0) is 15.7. The summed E-state index contributed by atoms with van der Waals surface area (Å²) in [5, 5.41) is 3.51. The minimum atomic E-state index is 0.182. The highest BCUT2D eigenvalue weighted by Crippen LogP contribution is 2.29. The van der Waals surface area contributed by atoms with Crippen LogP contribution in [-0.4, -0.2) is 59.5 Å². The van der Waals surface area contributed by atoms with Crippen molar-refractivity contribution in [3.05, 3.63) is 23.8 Å². The van der Waals surface area contributed by atoms with Gasteiger partial charge in [0.2, 0.25) is 0 Å². The van der Waals surface area contributed by atoms with E-state index >= 15 is 0 Å². The van der Waals surface area contributed by atoms with Crippen LogP contribution < -0.4 is 14.8 Å². The van der Waals surface area contributed by atoms with Crippen molar-refractivity contribution in [2.75, 3.05) is 54.6 Å². The predicted octanol–water partition coefficient (Wildman–Crippen LogP) is 1.93. The van der Waals surface area contributed by atoms with Crippen LogP contribution in [0.5, 0.6) is 11.5 Å². The standard InChI is InChI=1S/C16H28N2O3/c1-6-17-15(12-18(2)9-10-19-3)14-11-13(20-4)7-8-16(14)21-5/h7-8,11,15,17H,6,9-10,12H2,1-5H3. The fraction of sp³-hybridized carbons (Fsp3) is 0.625. The first kappa shape index (κ1) is 17.8. The van der Waals surface area contributed by atoms with E-state index < -0.39 is 0 Å². The molecule has 21 heavy (non-hydrogen) atoms. The first-order valence-corrected chi connectivity index (χ1v) is 7.29. The maximum atomic E-state index is 5.50. The molecule has 0 saturated carbocycles. The minimum absolute atomic E-state index is 0.182. The number of likely N-dealkylation sites (N-methyl/N-ethyl adjacent to an activating group) is 2. The molecule has 0 aromatic heterocycles. The van der Waals surface area contributed by atoms with Gasteiger partial charge in [0.05, 0.1) is 20.8 Å². The van der Waals surface area contributed by atoms with Crippen molar-refractivity contribution in [3.63, 3.8) is 0 Å². The minimum Gasteiger partial charge on any atom is -0.497 e. The monoisotopic (exact) mass is 296 g/mol. The van der Waals surface area contributed by atoms with Crippen LogP contribution >= 0.6 is 0 Å². The van der Waals surface area contributed by atoms with E-state index in [0.717, 1.165) is 43.3 Å². The molecule has 0 aliphatic heterocycles. The summed E-state index contributed by atoms with van der Waals surface area (Å²) in [4.78, 5) is 2.25. The van der Waals surface area contributed by atoms with Crippen molar-refractivity contribution in [1.82, 2.24) is 10.2 Å². The normalized spacial score (nSPS) is 12.5. The molecule has 120 valence electrons. The molecule has 0 saturated heterocycles. The van der Waals surface area contributed by atoms with Crippen molar-refractivity contribution in [3.8, 4) is 11.5 Å². The summed E-state index contributed by atoms with van der Waals surface area (Å²) in [6.07, 6.45) is 0. The van der Waals surface area contributed by atoms with Crippen LogP contribution in [0, 0.1) is 0 Å². The Bertz CT molecular complexity index is 413. The molecule has 5 heteroatoms. The van der Waals surface area contributed by atoms with Crippen molar-refractivity contribution < 1.29 is 14.2 Å². The van der Waals surface area contributed by atoms with E-state index in [4.69, 9.17) is 14.2 Å². The van der Waals surface area contributed by atoms with Gasteiger partial charge in [-0.2, -0.15) is 0 Å². The van der Waals surface area contributed by atoms with Gasteiger partial charge in [-0.3, -0.25) is 0 Å². The van der Waals surface area contributed by atoms with Crippen LogP contribution in [0.3, 0.4) is 0 Å². The Morgan fingerprint density at radius 3 is 2.52 bits per heavy atom. The lowest BCUT2D eigenvalue weighted by molar-refractivity contribution is 0.155. The van der Waals surface area contributed by atoms with Crippen molar-refractivity contribution in [2.45, 2.75) is 13.0 Å². The maximum absolute atomic E-state index is 5.50. The summed E-state index contributed by atoms with van der Waals surface area (Å²) < 4.78 is 16.0. The second-order valence-electron chi connectivity index (χ2n) is 4.97. The lowest BCUT2D eigenvalue weighted by atomic mass is 10.0. The molecular weight excluding hydrogens is 268 g/mol. The summed E-state index contributed by atoms with van der Waals surface area (Å²) in [5.41, 5.74) is 1.11. The quantitative estimate of drug-likeness (QED) is 0.715. The molecule has 1 aromatic carbocycles. The second kappa shape index (κ2) is 9.60. The van der Waals surface area contributed by atoms with Crippen LogP contribution in [0.4, 0.5) is 0 Å². The molecule has 1 aromatic rings. The number of nitrogens with zero attached hydrogens (tertiary/aromatic N) is 1. The van der Waals surface area contributed by atoms with E-state index in [9.17, 15) is 0 Å². The molecule has 1 rings (SSSR count). The number of rotatable bonds is 10. The molecule has 0 amide bonds. The van der Waals surface area contributed by atoms with E-state index in [0.29, 0.717) is 0 Å². The van der Waals surface area contributed by atoms with Gasteiger partial charge in [-0.15, -0.1) is 0 Å². The summed E-state index contributed by atoms with van der Waals surface area (Å²) in [6.45, 7) is 5.49.